The highest BCUT2D eigenvalue weighted by molar-refractivity contribution is 6.33. The Morgan fingerprint density at radius 1 is 1.39 bits per heavy atom. The number of nitrogens with one attached hydrogen (secondary N) is 1. The molecule has 1 N–H and O–H groups in total. The predicted molar refractivity (Wildman–Crippen MR) is 75.2 cm³/mol. The molecule has 0 aromatic heterocycles. The highest BCUT2D eigenvalue weighted by atomic mass is 35.5. The van der Waals surface area contributed by atoms with Crippen LogP contribution in [0.25, 0.3) is 0 Å². The van der Waals surface area contributed by atoms with Crippen LogP contribution < -0.4 is 5.32 Å². The molecule has 1 aliphatic heterocycles. The fourth-order valence-electron chi connectivity index (χ4n) is 3.59. The van der Waals surface area contributed by atoms with Crippen LogP contribution in [0, 0.1) is 18.3 Å². The maximum absolute atomic E-state index is 6.30. The molecule has 0 radical (unpaired) electrons. The Bertz CT molecular complexity index is 451. The van der Waals surface area contributed by atoms with E-state index in [1.807, 2.05) is 12.1 Å². The summed E-state index contributed by atoms with van der Waals surface area (Å²) in [6.07, 6.45) is 1.58. The lowest BCUT2D eigenvalue weighted by Gasteiger charge is -2.55. The Labute approximate surface area is 114 Å². The summed E-state index contributed by atoms with van der Waals surface area (Å²) in [6.45, 7) is 7.56. The van der Waals surface area contributed by atoms with Crippen LogP contribution in [-0.4, -0.2) is 18.8 Å². The van der Waals surface area contributed by atoms with Crippen molar-refractivity contribution in [3.8, 4) is 0 Å². The fourth-order valence-corrected chi connectivity index (χ4v) is 3.86. The molecule has 1 aliphatic carbocycles. The van der Waals surface area contributed by atoms with Gasteiger partial charge in [0.05, 0.1) is 16.8 Å². The van der Waals surface area contributed by atoms with Gasteiger partial charge in [0.1, 0.15) is 0 Å². The molecule has 1 aromatic carbocycles. The number of anilines is 1. The van der Waals surface area contributed by atoms with Gasteiger partial charge in [0.15, 0.2) is 0 Å². The lowest BCUT2D eigenvalue weighted by Crippen LogP contribution is -2.63. The molecular weight excluding hydrogens is 246 g/mol. The van der Waals surface area contributed by atoms with E-state index in [2.05, 4.69) is 32.2 Å². The largest absolute Gasteiger partial charge is 0.380 e. The third kappa shape index (κ3) is 1.66. The smallest absolute Gasteiger partial charge is 0.0694 e. The van der Waals surface area contributed by atoms with Crippen molar-refractivity contribution < 1.29 is 4.74 Å². The van der Waals surface area contributed by atoms with Crippen molar-refractivity contribution >= 4 is 17.3 Å². The number of hydrogen-bond acceptors (Lipinski definition) is 2. The minimum absolute atomic E-state index is 0.187. The number of para-hydroxylation sites is 1. The van der Waals surface area contributed by atoms with Gasteiger partial charge >= 0.3 is 0 Å². The van der Waals surface area contributed by atoms with E-state index in [9.17, 15) is 0 Å². The van der Waals surface area contributed by atoms with Crippen molar-refractivity contribution in [3.05, 3.63) is 28.8 Å². The van der Waals surface area contributed by atoms with E-state index in [-0.39, 0.29) is 5.41 Å². The highest BCUT2D eigenvalue weighted by Gasteiger charge is 2.59. The van der Waals surface area contributed by atoms with E-state index in [4.69, 9.17) is 16.3 Å². The van der Waals surface area contributed by atoms with Crippen LogP contribution in [0.5, 0.6) is 0 Å². The Morgan fingerprint density at radius 2 is 2.17 bits per heavy atom. The van der Waals surface area contributed by atoms with E-state index in [1.54, 1.807) is 0 Å². The number of aryl methyl sites for hydroxylation is 1. The summed E-state index contributed by atoms with van der Waals surface area (Å²) in [5, 5.41) is 4.48. The summed E-state index contributed by atoms with van der Waals surface area (Å²) in [5.41, 5.74) is 2.48. The van der Waals surface area contributed by atoms with Gasteiger partial charge in [-0.3, -0.25) is 0 Å². The van der Waals surface area contributed by atoms with Crippen LogP contribution >= 0.6 is 11.6 Å². The molecule has 3 atom stereocenters. The van der Waals surface area contributed by atoms with Crippen molar-refractivity contribution in [3.63, 3.8) is 0 Å². The standard InChI is InChI=1S/C15H20ClNO/c1-9-5-4-6-11(16)12(9)17-13-10-7-8-18-14(10)15(13,2)3/h4-6,10,13-14,17H,7-8H2,1-3H3. The molecule has 2 fully saturated rings. The van der Waals surface area contributed by atoms with Crippen molar-refractivity contribution in [2.45, 2.75) is 39.3 Å². The van der Waals surface area contributed by atoms with Crippen LogP contribution in [0.3, 0.4) is 0 Å². The van der Waals surface area contributed by atoms with E-state index < -0.39 is 0 Å². The maximum Gasteiger partial charge on any atom is 0.0694 e. The average Bonchev–Trinajstić information content (AvgIpc) is 2.75. The van der Waals surface area contributed by atoms with Gasteiger partial charge in [-0.15, -0.1) is 0 Å². The second kappa shape index (κ2) is 4.14. The second-order valence-corrected chi connectivity index (χ2v) is 6.53. The summed E-state index contributed by atoms with van der Waals surface area (Å²) >= 11 is 6.30. The van der Waals surface area contributed by atoms with Crippen LogP contribution in [0.2, 0.25) is 5.02 Å². The number of fused-ring (bicyclic) bond motifs is 1. The molecule has 3 rings (SSSR count). The van der Waals surface area contributed by atoms with Crippen LogP contribution in [0.15, 0.2) is 18.2 Å². The van der Waals surface area contributed by atoms with Crippen molar-refractivity contribution in [1.29, 1.82) is 0 Å². The minimum atomic E-state index is 0.187. The van der Waals surface area contributed by atoms with Crippen molar-refractivity contribution in [2.24, 2.45) is 11.3 Å². The topological polar surface area (TPSA) is 21.3 Å². The fraction of sp³-hybridized carbons (Fsp3) is 0.600. The monoisotopic (exact) mass is 265 g/mol. The number of benzene rings is 1. The normalized spacial score (nSPS) is 32.8. The molecule has 1 saturated heterocycles. The Morgan fingerprint density at radius 3 is 2.89 bits per heavy atom. The first kappa shape index (κ1) is 12.3. The molecule has 3 heteroatoms. The quantitative estimate of drug-likeness (QED) is 0.876. The van der Waals surface area contributed by atoms with Gasteiger partial charge in [-0.1, -0.05) is 37.6 Å². The first-order chi connectivity index (χ1) is 8.51. The van der Waals surface area contributed by atoms with E-state index in [0.717, 1.165) is 23.7 Å². The summed E-state index contributed by atoms with van der Waals surface area (Å²) in [6, 6.07) is 6.51. The first-order valence-electron chi connectivity index (χ1n) is 6.65. The van der Waals surface area contributed by atoms with E-state index >= 15 is 0 Å². The molecule has 0 amide bonds. The van der Waals surface area contributed by atoms with Gasteiger partial charge in [0, 0.05) is 24.0 Å². The molecule has 2 nitrogen and oxygen atoms in total. The summed E-state index contributed by atoms with van der Waals surface area (Å²) in [7, 11) is 0. The molecule has 0 spiro atoms. The zero-order valence-electron chi connectivity index (χ0n) is 11.2. The van der Waals surface area contributed by atoms with Gasteiger partial charge in [0.25, 0.3) is 0 Å². The van der Waals surface area contributed by atoms with E-state index in [1.165, 1.54) is 5.56 Å². The molecule has 2 aliphatic rings. The minimum Gasteiger partial charge on any atom is -0.380 e. The van der Waals surface area contributed by atoms with Crippen LogP contribution in [-0.2, 0) is 4.74 Å². The summed E-state index contributed by atoms with van der Waals surface area (Å²) < 4.78 is 5.82. The third-order valence-electron chi connectivity index (χ3n) is 4.62. The molecule has 0 bridgehead atoms. The zero-order chi connectivity index (χ0) is 12.9. The molecule has 98 valence electrons. The van der Waals surface area contributed by atoms with Gasteiger partial charge in [-0.05, 0) is 25.0 Å². The van der Waals surface area contributed by atoms with Crippen molar-refractivity contribution in [2.75, 3.05) is 11.9 Å². The average molecular weight is 266 g/mol. The van der Waals surface area contributed by atoms with Gasteiger partial charge in [-0.25, -0.2) is 0 Å². The molecule has 1 aromatic rings. The Kier molecular flexibility index (Phi) is 2.83. The van der Waals surface area contributed by atoms with E-state index in [0.29, 0.717) is 18.1 Å². The second-order valence-electron chi connectivity index (χ2n) is 6.12. The van der Waals surface area contributed by atoms with Crippen LogP contribution in [0.1, 0.15) is 25.8 Å². The molecule has 3 unspecified atom stereocenters. The maximum atomic E-state index is 6.30. The lowest BCUT2D eigenvalue weighted by molar-refractivity contribution is -0.0923. The van der Waals surface area contributed by atoms with Gasteiger partial charge in [-0.2, -0.15) is 0 Å². The van der Waals surface area contributed by atoms with Gasteiger partial charge < -0.3 is 10.1 Å². The summed E-state index contributed by atoms with van der Waals surface area (Å²) in [5.74, 6) is 0.635. The predicted octanol–water partition coefficient (Wildman–Crippen LogP) is 3.87. The van der Waals surface area contributed by atoms with Crippen LogP contribution in [0.4, 0.5) is 5.69 Å². The molecular formula is C15H20ClNO. The highest BCUT2D eigenvalue weighted by Crippen LogP contribution is 2.53. The Balaban J connectivity index is 1.85. The number of halogens is 1. The molecule has 18 heavy (non-hydrogen) atoms. The molecule has 1 heterocycles. The number of ether oxygens (including phenoxy) is 1. The molecule has 1 saturated carbocycles. The third-order valence-corrected chi connectivity index (χ3v) is 4.94. The number of rotatable bonds is 2. The zero-order valence-corrected chi connectivity index (χ0v) is 11.9. The first-order valence-corrected chi connectivity index (χ1v) is 7.03. The lowest BCUT2D eigenvalue weighted by atomic mass is 9.57. The van der Waals surface area contributed by atoms with Crippen molar-refractivity contribution in [1.82, 2.24) is 0 Å². The van der Waals surface area contributed by atoms with Gasteiger partial charge in [0.2, 0.25) is 0 Å². The Hall–Kier alpha value is -0.730. The SMILES string of the molecule is Cc1cccc(Cl)c1NC1C2CCOC2C1(C)C. The summed E-state index contributed by atoms with van der Waals surface area (Å²) in [4.78, 5) is 0. The number of hydrogen-bond donors (Lipinski definition) is 1.